The Morgan fingerprint density at radius 3 is 2.80 bits per heavy atom. The van der Waals surface area contributed by atoms with Crippen LogP contribution in [0.5, 0.6) is 0 Å². The minimum Gasteiger partial charge on any atom is -0.302 e. The second-order valence-corrected chi connectivity index (χ2v) is 4.41. The molecule has 15 heavy (non-hydrogen) atoms. The largest absolute Gasteiger partial charge is 0.302 e. The van der Waals surface area contributed by atoms with E-state index in [-0.39, 0.29) is 4.91 Å². The highest BCUT2D eigenvalue weighted by molar-refractivity contribution is 7.83. The van der Waals surface area contributed by atoms with Crippen LogP contribution in [0.15, 0.2) is 35.8 Å². The molecule has 0 radical (unpaired) electrons. The minimum atomic E-state index is -2.02. The quantitative estimate of drug-likeness (QED) is 0.652. The summed E-state index contributed by atoms with van der Waals surface area (Å²) < 4.78 is 19.8. The molecule has 0 heterocycles. The van der Waals surface area contributed by atoms with Crippen molar-refractivity contribution in [3.8, 4) is 0 Å². The molecule has 0 bridgehead atoms. The van der Waals surface area contributed by atoms with E-state index in [2.05, 4.69) is 6.58 Å². The first-order valence-corrected chi connectivity index (χ1v) is 5.74. The predicted molar refractivity (Wildman–Crippen MR) is 65.1 cm³/mol. The lowest BCUT2D eigenvalue weighted by Crippen LogP contribution is -1.90. The molecule has 1 rings (SSSR count). The Hall–Kier alpha value is -0.900. The monoisotopic (exact) mass is 242 g/mol. The summed E-state index contributed by atoms with van der Waals surface area (Å²) in [5, 5.41) is 0.596. The van der Waals surface area contributed by atoms with Crippen LogP contribution in [-0.2, 0) is 11.1 Å². The molecule has 0 aliphatic carbocycles. The molecule has 0 amide bonds. The Balaban J connectivity index is 3.21. The molecular formula is C11H11ClO2S. The van der Waals surface area contributed by atoms with Crippen LogP contribution in [0.25, 0.3) is 6.08 Å². The molecule has 1 unspecified atom stereocenters. The van der Waals surface area contributed by atoms with Gasteiger partial charge in [0.15, 0.2) is 11.1 Å². The van der Waals surface area contributed by atoms with Crippen LogP contribution in [0.4, 0.5) is 0 Å². The predicted octanol–water partition coefficient (Wildman–Crippen LogP) is 3.40. The third-order valence-corrected chi connectivity index (χ3v) is 2.86. The van der Waals surface area contributed by atoms with E-state index in [0.29, 0.717) is 5.02 Å². The SMILES string of the molecule is C=C/C(=C\c1cc(Cl)ccc1C)S(=O)O. The van der Waals surface area contributed by atoms with Crippen LogP contribution < -0.4 is 0 Å². The zero-order valence-electron chi connectivity index (χ0n) is 8.24. The van der Waals surface area contributed by atoms with E-state index >= 15 is 0 Å². The molecule has 0 aliphatic rings. The van der Waals surface area contributed by atoms with Gasteiger partial charge in [-0.1, -0.05) is 30.3 Å². The van der Waals surface area contributed by atoms with Crippen LogP contribution in [0.3, 0.4) is 0 Å². The number of allylic oxidation sites excluding steroid dienone is 1. The number of hydrogen-bond acceptors (Lipinski definition) is 1. The van der Waals surface area contributed by atoms with E-state index in [1.54, 1.807) is 18.2 Å². The van der Waals surface area contributed by atoms with Crippen molar-refractivity contribution in [3.05, 3.63) is 51.9 Å². The summed E-state index contributed by atoms with van der Waals surface area (Å²) >= 11 is 3.81. The Bertz CT molecular complexity index is 438. The maximum atomic E-state index is 10.9. The Morgan fingerprint density at radius 2 is 2.27 bits per heavy atom. The summed E-state index contributed by atoms with van der Waals surface area (Å²) in [6, 6.07) is 5.38. The van der Waals surface area contributed by atoms with Gasteiger partial charge in [-0.25, -0.2) is 4.21 Å². The maximum Gasteiger partial charge on any atom is 0.186 e. The van der Waals surface area contributed by atoms with E-state index in [1.165, 1.54) is 6.08 Å². The first kappa shape index (κ1) is 12.2. The second-order valence-electron chi connectivity index (χ2n) is 3.00. The van der Waals surface area contributed by atoms with Crippen molar-refractivity contribution in [2.45, 2.75) is 6.92 Å². The van der Waals surface area contributed by atoms with Gasteiger partial charge in [-0.2, -0.15) is 0 Å². The second kappa shape index (κ2) is 5.26. The van der Waals surface area contributed by atoms with Gasteiger partial charge >= 0.3 is 0 Å². The van der Waals surface area contributed by atoms with E-state index < -0.39 is 11.1 Å². The van der Waals surface area contributed by atoms with Gasteiger partial charge in [0, 0.05) is 5.02 Å². The highest BCUT2D eigenvalue weighted by Gasteiger charge is 2.02. The van der Waals surface area contributed by atoms with Crippen LogP contribution in [-0.4, -0.2) is 8.76 Å². The topological polar surface area (TPSA) is 37.3 Å². The molecule has 1 N–H and O–H groups in total. The number of hydrogen-bond donors (Lipinski definition) is 1. The smallest absolute Gasteiger partial charge is 0.186 e. The highest BCUT2D eigenvalue weighted by Crippen LogP contribution is 2.19. The van der Waals surface area contributed by atoms with Crippen LogP contribution >= 0.6 is 11.6 Å². The van der Waals surface area contributed by atoms with E-state index in [4.69, 9.17) is 16.2 Å². The van der Waals surface area contributed by atoms with Gasteiger partial charge in [-0.15, -0.1) is 0 Å². The molecule has 0 aliphatic heterocycles. The van der Waals surface area contributed by atoms with E-state index in [9.17, 15) is 4.21 Å². The van der Waals surface area contributed by atoms with E-state index in [1.807, 2.05) is 13.0 Å². The van der Waals surface area contributed by atoms with Crippen molar-refractivity contribution in [2.24, 2.45) is 0 Å². The summed E-state index contributed by atoms with van der Waals surface area (Å²) in [6.07, 6.45) is 2.96. The summed E-state index contributed by atoms with van der Waals surface area (Å²) in [5.74, 6) is 0. The van der Waals surface area contributed by atoms with Gasteiger partial charge in [0.1, 0.15) is 0 Å². The number of aryl methyl sites for hydroxylation is 1. The van der Waals surface area contributed by atoms with Gasteiger partial charge in [0.2, 0.25) is 0 Å². The normalized spacial score (nSPS) is 13.7. The lowest BCUT2D eigenvalue weighted by atomic mass is 10.1. The van der Waals surface area contributed by atoms with Gasteiger partial charge in [0.25, 0.3) is 0 Å². The Labute approximate surface area is 96.6 Å². The van der Waals surface area contributed by atoms with Gasteiger partial charge < -0.3 is 4.55 Å². The van der Waals surface area contributed by atoms with Crippen molar-refractivity contribution in [1.29, 1.82) is 0 Å². The summed E-state index contributed by atoms with van der Waals surface area (Å²) in [5.41, 5.74) is 1.81. The third kappa shape index (κ3) is 3.30. The molecule has 1 aromatic carbocycles. The first-order chi connectivity index (χ1) is 7.04. The first-order valence-electron chi connectivity index (χ1n) is 4.25. The van der Waals surface area contributed by atoms with Gasteiger partial charge in [-0.05, 0) is 36.3 Å². The fourth-order valence-corrected chi connectivity index (χ4v) is 1.65. The summed E-state index contributed by atoms with van der Waals surface area (Å²) in [6.45, 7) is 5.38. The maximum absolute atomic E-state index is 10.9. The highest BCUT2D eigenvalue weighted by atomic mass is 35.5. The average molecular weight is 243 g/mol. The van der Waals surface area contributed by atoms with Gasteiger partial charge in [0.05, 0.1) is 4.91 Å². The van der Waals surface area contributed by atoms with Crippen LogP contribution in [0.2, 0.25) is 5.02 Å². The van der Waals surface area contributed by atoms with Crippen molar-refractivity contribution >= 4 is 28.8 Å². The zero-order valence-corrected chi connectivity index (χ0v) is 9.81. The molecule has 1 aromatic rings. The molecule has 0 spiro atoms. The number of benzene rings is 1. The van der Waals surface area contributed by atoms with E-state index in [0.717, 1.165) is 11.1 Å². The zero-order chi connectivity index (χ0) is 11.4. The Morgan fingerprint density at radius 1 is 1.60 bits per heavy atom. The molecule has 0 aromatic heterocycles. The molecule has 0 saturated carbocycles. The lowest BCUT2D eigenvalue weighted by molar-refractivity contribution is 0.572. The third-order valence-electron chi connectivity index (χ3n) is 1.94. The van der Waals surface area contributed by atoms with Crippen LogP contribution in [0, 0.1) is 6.92 Å². The molecule has 2 nitrogen and oxygen atoms in total. The summed E-state index contributed by atoms with van der Waals surface area (Å²) in [4.78, 5) is 0.264. The Kier molecular flexibility index (Phi) is 4.27. The van der Waals surface area contributed by atoms with Crippen molar-refractivity contribution < 1.29 is 8.76 Å². The van der Waals surface area contributed by atoms with Crippen molar-refractivity contribution in [2.75, 3.05) is 0 Å². The lowest BCUT2D eigenvalue weighted by Gasteiger charge is -2.02. The van der Waals surface area contributed by atoms with Crippen molar-refractivity contribution in [3.63, 3.8) is 0 Å². The fraction of sp³-hybridized carbons (Fsp3) is 0.0909. The fourth-order valence-electron chi connectivity index (χ4n) is 1.10. The molecule has 1 atom stereocenters. The molecule has 0 saturated heterocycles. The molecule has 4 heteroatoms. The molecule has 80 valence electrons. The molecule has 0 fully saturated rings. The summed E-state index contributed by atoms with van der Waals surface area (Å²) in [7, 11) is 0. The minimum absolute atomic E-state index is 0.264. The number of rotatable bonds is 3. The number of halogens is 1. The van der Waals surface area contributed by atoms with Crippen LogP contribution in [0.1, 0.15) is 11.1 Å². The van der Waals surface area contributed by atoms with Crippen molar-refractivity contribution in [1.82, 2.24) is 0 Å². The van der Waals surface area contributed by atoms with Gasteiger partial charge in [-0.3, -0.25) is 0 Å². The average Bonchev–Trinajstić information content (AvgIpc) is 2.18. The molecular weight excluding hydrogens is 232 g/mol. The standard InChI is InChI=1S/C11H11ClO2S/c1-3-11(15(13)14)7-9-6-10(12)5-4-8(9)2/h3-7H,1H2,2H3,(H,13,14)/b11-7+.